The van der Waals surface area contributed by atoms with Gasteiger partial charge in [-0.2, -0.15) is 13.2 Å². The molecule has 0 fully saturated rings. The fourth-order valence-corrected chi connectivity index (χ4v) is 2.60. The summed E-state index contributed by atoms with van der Waals surface area (Å²) in [5.41, 5.74) is -2.60. The molecule has 0 aromatic heterocycles. The smallest absolute Gasteiger partial charge is 0.446 e. The number of thioether (sulfide) groups is 1. The van der Waals surface area contributed by atoms with Crippen LogP contribution in [0.2, 0.25) is 0 Å². The van der Waals surface area contributed by atoms with E-state index in [1.165, 1.54) is 12.1 Å². The van der Waals surface area contributed by atoms with Crippen LogP contribution >= 0.6 is 27.7 Å². The highest BCUT2D eigenvalue weighted by atomic mass is 79.9. The van der Waals surface area contributed by atoms with Crippen LogP contribution in [-0.2, 0) is 6.54 Å². The van der Waals surface area contributed by atoms with Crippen LogP contribution in [0.4, 0.5) is 18.9 Å². The van der Waals surface area contributed by atoms with Gasteiger partial charge in [-0.05, 0) is 69.7 Å². The summed E-state index contributed by atoms with van der Waals surface area (Å²) < 4.78 is 37.2. The summed E-state index contributed by atoms with van der Waals surface area (Å²) in [7, 11) is 0. The van der Waals surface area contributed by atoms with Crippen molar-refractivity contribution in [2.75, 3.05) is 5.32 Å². The SMILES string of the molecule is Oc1ccc(CNc2ccc(SC(F)(F)F)cc2)cc1Br. The maximum absolute atomic E-state index is 12.2. The van der Waals surface area contributed by atoms with Crippen LogP contribution < -0.4 is 5.32 Å². The van der Waals surface area contributed by atoms with Crippen LogP contribution in [0.25, 0.3) is 0 Å². The summed E-state index contributed by atoms with van der Waals surface area (Å²) in [6, 6.07) is 11.2. The van der Waals surface area contributed by atoms with E-state index >= 15 is 0 Å². The average Bonchev–Trinajstić information content (AvgIpc) is 2.40. The van der Waals surface area contributed by atoms with E-state index in [0.717, 1.165) is 11.3 Å². The summed E-state index contributed by atoms with van der Waals surface area (Å²) in [5, 5.41) is 12.5. The van der Waals surface area contributed by atoms with Gasteiger partial charge in [0, 0.05) is 17.1 Å². The maximum atomic E-state index is 12.2. The largest absolute Gasteiger partial charge is 0.507 e. The molecule has 2 aromatic rings. The van der Waals surface area contributed by atoms with Gasteiger partial charge in [0.2, 0.25) is 0 Å². The molecule has 0 saturated heterocycles. The van der Waals surface area contributed by atoms with Gasteiger partial charge in [0.25, 0.3) is 0 Å². The molecule has 0 heterocycles. The molecule has 0 atom stereocenters. The molecule has 2 rings (SSSR count). The monoisotopic (exact) mass is 377 g/mol. The second-order valence-electron chi connectivity index (χ2n) is 4.21. The van der Waals surface area contributed by atoms with Crippen molar-refractivity contribution in [2.24, 2.45) is 0 Å². The Kier molecular flexibility index (Phi) is 5.05. The molecule has 112 valence electrons. The third-order valence-corrected chi connectivity index (χ3v) is 3.97. The Morgan fingerprint density at radius 3 is 2.33 bits per heavy atom. The zero-order chi connectivity index (χ0) is 15.5. The van der Waals surface area contributed by atoms with E-state index in [0.29, 0.717) is 11.0 Å². The molecule has 0 aliphatic carbocycles. The fraction of sp³-hybridized carbons (Fsp3) is 0.143. The Bertz CT molecular complexity index is 617. The van der Waals surface area contributed by atoms with Crippen molar-refractivity contribution in [1.29, 1.82) is 0 Å². The van der Waals surface area contributed by atoms with Gasteiger partial charge in [0.05, 0.1) is 4.47 Å². The summed E-state index contributed by atoms with van der Waals surface area (Å²) >= 11 is 3.09. The minimum absolute atomic E-state index is 0.134. The van der Waals surface area contributed by atoms with Crippen LogP contribution in [0.5, 0.6) is 5.75 Å². The molecule has 0 radical (unpaired) electrons. The molecule has 0 amide bonds. The lowest BCUT2D eigenvalue weighted by molar-refractivity contribution is -0.0328. The number of halogens is 4. The van der Waals surface area contributed by atoms with E-state index in [1.54, 1.807) is 30.3 Å². The van der Waals surface area contributed by atoms with Crippen LogP contribution in [0.1, 0.15) is 5.56 Å². The predicted octanol–water partition coefficient (Wildman–Crippen LogP) is 5.38. The van der Waals surface area contributed by atoms with Gasteiger partial charge < -0.3 is 10.4 Å². The molecule has 0 bridgehead atoms. The zero-order valence-electron chi connectivity index (χ0n) is 10.6. The van der Waals surface area contributed by atoms with Crippen molar-refractivity contribution in [2.45, 2.75) is 16.9 Å². The zero-order valence-corrected chi connectivity index (χ0v) is 13.0. The lowest BCUT2D eigenvalue weighted by Crippen LogP contribution is -2.00. The molecule has 0 aliphatic rings. The van der Waals surface area contributed by atoms with Crippen molar-refractivity contribution in [3.63, 3.8) is 0 Å². The summed E-state index contributed by atoms with van der Waals surface area (Å²) in [4.78, 5) is 0.153. The molecule has 7 heteroatoms. The number of phenolic OH excluding ortho intramolecular Hbond substituents is 1. The quantitative estimate of drug-likeness (QED) is 0.701. The maximum Gasteiger partial charge on any atom is 0.446 e. The van der Waals surface area contributed by atoms with Crippen LogP contribution in [-0.4, -0.2) is 10.6 Å². The second-order valence-corrected chi connectivity index (χ2v) is 6.20. The Morgan fingerprint density at radius 1 is 1.10 bits per heavy atom. The molecule has 2 aromatic carbocycles. The molecule has 0 spiro atoms. The number of rotatable bonds is 4. The van der Waals surface area contributed by atoms with Crippen LogP contribution in [0, 0.1) is 0 Å². The predicted molar refractivity (Wildman–Crippen MR) is 81.5 cm³/mol. The van der Waals surface area contributed by atoms with Gasteiger partial charge in [-0.3, -0.25) is 0 Å². The number of phenols is 1. The molecule has 2 N–H and O–H groups in total. The number of nitrogens with one attached hydrogen (secondary N) is 1. The Morgan fingerprint density at radius 2 is 1.76 bits per heavy atom. The van der Waals surface area contributed by atoms with Gasteiger partial charge in [-0.15, -0.1) is 0 Å². The van der Waals surface area contributed by atoms with Gasteiger partial charge in [-0.25, -0.2) is 0 Å². The average molecular weight is 378 g/mol. The van der Waals surface area contributed by atoms with Crippen molar-refractivity contribution in [3.8, 4) is 5.75 Å². The van der Waals surface area contributed by atoms with Crippen molar-refractivity contribution < 1.29 is 18.3 Å². The fourth-order valence-electron chi connectivity index (χ4n) is 1.64. The summed E-state index contributed by atoms with van der Waals surface area (Å²) in [6.45, 7) is 0.505. The van der Waals surface area contributed by atoms with Gasteiger partial charge in [-0.1, -0.05) is 6.07 Å². The first kappa shape index (κ1) is 16.0. The molecule has 0 unspecified atom stereocenters. The lowest BCUT2D eigenvalue weighted by Gasteiger charge is -2.09. The highest BCUT2D eigenvalue weighted by Gasteiger charge is 2.28. The molecule has 0 saturated carbocycles. The number of benzene rings is 2. The molecule has 2 nitrogen and oxygen atoms in total. The van der Waals surface area contributed by atoms with E-state index in [4.69, 9.17) is 0 Å². The highest BCUT2D eigenvalue weighted by molar-refractivity contribution is 9.10. The van der Waals surface area contributed by atoms with E-state index < -0.39 is 5.51 Å². The van der Waals surface area contributed by atoms with E-state index in [9.17, 15) is 18.3 Å². The first-order chi connectivity index (χ1) is 9.83. The number of aromatic hydroxyl groups is 1. The standard InChI is InChI=1S/C14H11BrF3NOS/c15-12-7-9(1-6-13(12)20)8-19-10-2-4-11(5-3-10)21-14(16,17)18/h1-7,19-20H,8H2. The van der Waals surface area contributed by atoms with Crippen molar-refractivity contribution >= 4 is 33.4 Å². The number of alkyl halides is 3. The van der Waals surface area contributed by atoms with Crippen LogP contribution in [0.15, 0.2) is 51.8 Å². The molecule has 0 aliphatic heterocycles. The Labute approximate surface area is 132 Å². The third kappa shape index (κ3) is 5.17. The minimum Gasteiger partial charge on any atom is -0.507 e. The lowest BCUT2D eigenvalue weighted by atomic mass is 10.2. The summed E-state index contributed by atoms with van der Waals surface area (Å²) in [6.07, 6.45) is 0. The first-order valence-corrected chi connectivity index (χ1v) is 7.51. The van der Waals surface area contributed by atoms with Gasteiger partial charge in [0.1, 0.15) is 5.75 Å². The van der Waals surface area contributed by atoms with Crippen molar-refractivity contribution in [3.05, 3.63) is 52.5 Å². The Hall–Kier alpha value is -1.34. The number of hydrogen-bond acceptors (Lipinski definition) is 3. The normalized spacial score (nSPS) is 11.4. The van der Waals surface area contributed by atoms with Gasteiger partial charge in [0.15, 0.2) is 0 Å². The first-order valence-electron chi connectivity index (χ1n) is 5.90. The number of anilines is 1. The molecule has 21 heavy (non-hydrogen) atoms. The van der Waals surface area contributed by atoms with Gasteiger partial charge >= 0.3 is 5.51 Å². The van der Waals surface area contributed by atoms with E-state index in [2.05, 4.69) is 21.2 Å². The third-order valence-electron chi connectivity index (χ3n) is 2.60. The molecular weight excluding hydrogens is 367 g/mol. The second kappa shape index (κ2) is 6.62. The topological polar surface area (TPSA) is 32.3 Å². The van der Waals surface area contributed by atoms with Crippen LogP contribution in [0.3, 0.4) is 0 Å². The number of hydrogen-bond donors (Lipinski definition) is 2. The minimum atomic E-state index is -4.27. The van der Waals surface area contributed by atoms with Crippen molar-refractivity contribution in [1.82, 2.24) is 0 Å². The van der Waals surface area contributed by atoms with E-state index in [1.807, 2.05) is 0 Å². The molecular formula is C14H11BrF3NOS. The highest BCUT2D eigenvalue weighted by Crippen LogP contribution is 2.37. The van der Waals surface area contributed by atoms with E-state index in [-0.39, 0.29) is 22.4 Å². The summed E-state index contributed by atoms with van der Waals surface area (Å²) in [5.74, 6) is 0.160. The Balaban J connectivity index is 1.96.